The summed E-state index contributed by atoms with van der Waals surface area (Å²) in [6, 6.07) is 5.83. The van der Waals surface area contributed by atoms with Crippen molar-refractivity contribution in [1.82, 2.24) is 20.1 Å². The van der Waals surface area contributed by atoms with Gasteiger partial charge in [-0.2, -0.15) is 5.10 Å². The minimum atomic E-state index is 0. The lowest BCUT2D eigenvalue weighted by Crippen LogP contribution is -2.31. The molecule has 1 fully saturated rings. The van der Waals surface area contributed by atoms with E-state index in [-0.39, 0.29) is 24.4 Å². The molecule has 2 atom stereocenters. The second-order valence-corrected chi connectivity index (χ2v) is 5.77. The first-order valence-corrected chi connectivity index (χ1v) is 7.70. The molecule has 2 heterocycles. The number of carbonyl (C=O) groups is 1. The summed E-state index contributed by atoms with van der Waals surface area (Å²) in [7, 11) is 0. The molecule has 1 saturated carbocycles. The van der Waals surface area contributed by atoms with Crippen molar-refractivity contribution in [2.24, 2.45) is 11.7 Å². The summed E-state index contributed by atoms with van der Waals surface area (Å²) >= 11 is 0. The molecule has 23 heavy (non-hydrogen) atoms. The molecule has 1 aliphatic carbocycles. The van der Waals surface area contributed by atoms with E-state index in [0.717, 1.165) is 30.6 Å². The molecule has 124 valence electrons. The fourth-order valence-corrected chi connectivity index (χ4v) is 2.99. The number of nitrogens with zero attached hydrogens (tertiary/aromatic N) is 3. The average molecular weight is 336 g/mol. The lowest BCUT2D eigenvalue weighted by molar-refractivity contribution is -0.122. The van der Waals surface area contributed by atoms with Crippen molar-refractivity contribution in [2.75, 3.05) is 0 Å². The predicted octanol–water partition coefficient (Wildman–Crippen LogP) is 1.82. The molecule has 0 aromatic carbocycles. The zero-order chi connectivity index (χ0) is 15.4. The SMILES string of the molecule is Cl.N[C@@H]1CCC[C@H]1CC(=O)NCc1cccnc1-n1cccn1. The van der Waals surface area contributed by atoms with Gasteiger partial charge in [0.2, 0.25) is 5.91 Å². The molecule has 0 saturated heterocycles. The van der Waals surface area contributed by atoms with Crippen LogP contribution in [-0.4, -0.2) is 26.7 Å². The molecule has 1 aliphatic rings. The van der Waals surface area contributed by atoms with E-state index in [2.05, 4.69) is 15.4 Å². The molecule has 3 N–H and O–H groups in total. The summed E-state index contributed by atoms with van der Waals surface area (Å²) in [6.45, 7) is 0.448. The van der Waals surface area contributed by atoms with E-state index in [1.165, 1.54) is 0 Å². The van der Waals surface area contributed by atoms with Crippen LogP contribution in [0.3, 0.4) is 0 Å². The number of aromatic nitrogens is 3. The Morgan fingerprint density at radius 2 is 2.22 bits per heavy atom. The first-order valence-electron chi connectivity index (χ1n) is 7.70. The number of hydrogen-bond acceptors (Lipinski definition) is 4. The molecule has 1 amide bonds. The van der Waals surface area contributed by atoms with Gasteiger partial charge in [-0.05, 0) is 30.9 Å². The average Bonchev–Trinajstić information content (AvgIpc) is 3.18. The Hall–Kier alpha value is -1.92. The Balaban J connectivity index is 0.00000192. The highest BCUT2D eigenvalue weighted by Crippen LogP contribution is 2.26. The van der Waals surface area contributed by atoms with Crippen LogP contribution in [0.2, 0.25) is 0 Å². The zero-order valence-electron chi connectivity index (χ0n) is 12.9. The van der Waals surface area contributed by atoms with Crippen molar-refractivity contribution in [3.8, 4) is 5.82 Å². The second-order valence-electron chi connectivity index (χ2n) is 5.77. The van der Waals surface area contributed by atoms with Crippen LogP contribution in [0, 0.1) is 5.92 Å². The molecule has 0 bridgehead atoms. The number of rotatable bonds is 5. The zero-order valence-corrected chi connectivity index (χ0v) is 13.7. The second kappa shape index (κ2) is 8.08. The number of nitrogens with two attached hydrogens (primary N) is 1. The Labute approximate surface area is 141 Å². The normalized spacial score (nSPS) is 20.0. The van der Waals surface area contributed by atoms with Gasteiger partial charge in [-0.3, -0.25) is 4.79 Å². The van der Waals surface area contributed by atoms with E-state index in [0.29, 0.717) is 18.9 Å². The van der Waals surface area contributed by atoms with Gasteiger partial charge in [0.15, 0.2) is 5.82 Å². The lowest BCUT2D eigenvalue weighted by Gasteiger charge is -2.15. The Morgan fingerprint density at radius 1 is 1.35 bits per heavy atom. The molecule has 7 heteroatoms. The molecule has 0 aliphatic heterocycles. The summed E-state index contributed by atoms with van der Waals surface area (Å²) in [5.41, 5.74) is 6.96. The maximum Gasteiger partial charge on any atom is 0.220 e. The van der Waals surface area contributed by atoms with Gasteiger partial charge in [0, 0.05) is 43.2 Å². The molecule has 0 unspecified atom stereocenters. The number of hydrogen-bond donors (Lipinski definition) is 2. The van der Waals surface area contributed by atoms with Crippen molar-refractivity contribution in [1.29, 1.82) is 0 Å². The Kier molecular flexibility index (Phi) is 6.12. The molecule has 0 spiro atoms. The van der Waals surface area contributed by atoms with Gasteiger partial charge in [0.05, 0.1) is 0 Å². The van der Waals surface area contributed by atoms with Gasteiger partial charge in [-0.25, -0.2) is 9.67 Å². The number of nitrogens with one attached hydrogen (secondary N) is 1. The maximum atomic E-state index is 12.1. The number of amides is 1. The van der Waals surface area contributed by atoms with Gasteiger partial charge in [-0.1, -0.05) is 12.5 Å². The third kappa shape index (κ3) is 4.30. The highest BCUT2D eigenvalue weighted by Gasteiger charge is 2.25. The molecule has 6 nitrogen and oxygen atoms in total. The summed E-state index contributed by atoms with van der Waals surface area (Å²) in [5, 5.41) is 7.17. The third-order valence-corrected chi connectivity index (χ3v) is 4.23. The van der Waals surface area contributed by atoms with Crippen LogP contribution >= 0.6 is 12.4 Å². The van der Waals surface area contributed by atoms with Crippen LogP contribution in [0.25, 0.3) is 5.82 Å². The van der Waals surface area contributed by atoms with Gasteiger partial charge in [-0.15, -0.1) is 12.4 Å². The van der Waals surface area contributed by atoms with E-state index in [9.17, 15) is 4.79 Å². The third-order valence-electron chi connectivity index (χ3n) is 4.23. The summed E-state index contributed by atoms with van der Waals surface area (Å²) in [4.78, 5) is 16.4. The maximum absolute atomic E-state index is 12.1. The van der Waals surface area contributed by atoms with Gasteiger partial charge >= 0.3 is 0 Å². The van der Waals surface area contributed by atoms with Crippen molar-refractivity contribution in [3.05, 3.63) is 42.4 Å². The Bertz CT molecular complexity index is 631. The van der Waals surface area contributed by atoms with Crippen LogP contribution in [0.15, 0.2) is 36.8 Å². The van der Waals surface area contributed by atoms with Crippen molar-refractivity contribution in [2.45, 2.75) is 38.3 Å². The first kappa shape index (κ1) is 17.4. The number of pyridine rings is 1. The van der Waals surface area contributed by atoms with Crippen LogP contribution in [-0.2, 0) is 11.3 Å². The van der Waals surface area contributed by atoms with Crippen LogP contribution in [0.1, 0.15) is 31.2 Å². The van der Waals surface area contributed by atoms with E-state index >= 15 is 0 Å². The van der Waals surface area contributed by atoms with Crippen molar-refractivity contribution < 1.29 is 4.79 Å². The largest absolute Gasteiger partial charge is 0.352 e. The number of carbonyl (C=O) groups excluding carboxylic acids is 1. The van der Waals surface area contributed by atoms with Crippen LogP contribution in [0.4, 0.5) is 0 Å². The van der Waals surface area contributed by atoms with E-state index < -0.39 is 0 Å². The minimum absolute atomic E-state index is 0. The van der Waals surface area contributed by atoms with Crippen molar-refractivity contribution in [3.63, 3.8) is 0 Å². The fourth-order valence-electron chi connectivity index (χ4n) is 2.99. The van der Waals surface area contributed by atoms with Crippen LogP contribution in [0.5, 0.6) is 0 Å². The van der Waals surface area contributed by atoms with E-state index in [1.807, 2.05) is 24.4 Å². The quantitative estimate of drug-likeness (QED) is 0.872. The molecular weight excluding hydrogens is 314 g/mol. The predicted molar refractivity (Wildman–Crippen MR) is 90.4 cm³/mol. The molecule has 2 aromatic rings. The standard InChI is InChI=1S/C16H21N5O.ClH/c17-14-6-1-4-12(14)10-15(22)19-11-13-5-2-7-18-16(13)21-9-3-8-20-21;/h2-3,5,7-9,12,14H,1,4,6,10-11,17H2,(H,19,22);1H/t12-,14+;/m0./s1. The summed E-state index contributed by atoms with van der Waals surface area (Å²) < 4.78 is 1.70. The smallest absolute Gasteiger partial charge is 0.220 e. The highest BCUT2D eigenvalue weighted by molar-refractivity contribution is 5.85. The van der Waals surface area contributed by atoms with Crippen LogP contribution < -0.4 is 11.1 Å². The fraction of sp³-hybridized carbons (Fsp3) is 0.438. The van der Waals surface area contributed by atoms with Gasteiger partial charge in [0.1, 0.15) is 0 Å². The van der Waals surface area contributed by atoms with Gasteiger partial charge in [0.25, 0.3) is 0 Å². The minimum Gasteiger partial charge on any atom is -0.352 e. The van der Waals surface area contributed by atoms with Crippen molar-refractivity contribution >= 4 is 18.3 Å². The van der Waals surface area contributed by atoms with Gasteiger partial charge < -0.3 is 11.1 Å². The van der Waals surface area contributed by atoms with E-state index in [4.69, 9.17) is 5.73 Å². The topological polar surface area (TPSA) is 85.8 Å². The number of halogens is 1. The molecular formula is C16H22ClN5O. The summed E-state index contributed by atoms with van der Waals surface area (Å²) in [5.74, 6) is 1.11. The monoisotopic (exact) mass is 335 g/mol. The summed E-state index contributed by atoms with van der Waals surface area (Å²) in [6.07, 6.45) is 9.00. The van der Waals surface area contributed by atoms with E-state index in [1.54, 1.807) is 17.1 Å². The molecule has 0 radical (unpaired) electrons. The Morgan fingerprint density at radius 3 is 2.91 bits per heavy atom. The first-order chi connectivity index (χ1) is 10.7. The highest BCUT2D eigenvalue weighted by atomic mass is 35.5. The molecule has 3 rings (SSSR count). The lowest BCUT2D eigenvalue weighted by atomic mass is 10.00. The molecule has 2 aromatic heterocycles.